The van der Waals surface area contributed by atoms with Crippen LogP contribution in [0.4, 0.5) is 5.69 Å². The van der Waals surface area contributed by atoms with Gasteiger partial charge >= 0.3 is 0 Å². The normalized spacial score (nSPS) is 16.8. The Morgan fingerprint density at radius 1 is 1.40 bits per heavy atom. The molecule has 3 heterocycles. The number of carbonyl (C=O) groups excluding carboxylic acids is 1. The number of hydrogen-bond donors (Lipinski definition) is 1. The van der Waals surface area contributed by atoms with Crippen LogP contribution in [0.5, 0.6) is 0 Å². The monoisotopic (exact) mass is 355 g/mol. The minimum absolute atomic E-state index is 0.193. The number of anilines is 1. The summed E-state index contributed by atoms with van der Waals surface area (Å²) in [5.74, 6) is -0.550. The molecule has 0 bridgehead atoms. The summed E-state index contributed by atoms with van der Waals surface area (Å²) in [6.45, 7) is 2.81. The summed E-state index contributed by atoms with van der Waals surface area (Å²) in [6, 6.07) is 9.46. The number of nitrogens with zero attached hydrogens (tertiary/aromatic N) is 4. The molecular formula is C17H17N5O2S. The van der Waals surface area contributed by atoms with Crippen molar-refractivity contribution in [2.75, 3.05) is 11.4 Å². The maximum absolute atomic E-state index is 12.2. The number of primary amides is 1. The maximum Gasteiger partial charge on any atom is 0.275 e. The largest absolute Gasteiger partial charge is 0.369 e. The van der Waals surface area contributed by atoms with Gasteiger partial charge in [-0.05, 0) is 25.0 Å². The summed E-state index contributed by atoms with van der Waals surface area (Å²) in [4.78, 5) is 31.2. The highest BCUT2D eigenvalue weighted by Crippen LogP contribution is 2.30. The van der Waals surface area contributed by atoms with E-state index < -0.39 is 0 Å². The lowest BCUT2D eigenvalue weighted by molar-refractivity contribution is -0.121. The van der Waals surface area contributed by atoms with Crippen LogP contribution >= 0.6 is 11.3 Å². The van der Waals surface area contributed by atoms with Gasteiger partial charge in [-0.1, -0.05) is 29.5 Å². The molecule has 1 aromatic carbocycles. The van der Waals surface area contributed by atoms with E-state index in [4.69, 9.17) is 5.73 Å². The number of amides is 1. The number of para-hydroxylation sites is 1. The molecule has 0 spiro atoms. The van der Waals surface area contributed by atoms with Crippen molar-refractivity contribution in [2.45, 2.75) is 19.9 Å². The van der Waals surface area contributed by atoms with Gasteiger partial charge in [0.2, 0.25) is 10.9 Å². The molecule has 2 aromatic heterocycles. The van der Waals surface area contributed by atoms with Crippen molar-refractivity contribution in [1.29, 1.82) is 0 Å². The fraction of sp³-hybridized carbons (Fsp3) is 0.294. The van der Waals surface area contributed by atoms with Crippen molar-refractivity contribution in [3.8, 4) is 0 Å². The zero-order valence-electron chi connectivity index (χ0n) is 13.7. The van der Waals surface area contributed by atoms with Crippen molar-refractivity contribution in [2.24, 2.45) is 11.7 Å². The van der Waals surface area contributed by atoms with Crippen LogP contribution in [0.15, 0.2) is 35.1 Å². The van der Waals surface area contributed by atoms with Crippen LogP contribution in [0.25, 0.3) is 4.96 Å². The van der Waals surface area contributed by atoms with Crippen LogP contribution in [0, 0.1) is 12.8 Å². The number of fused-ring (bicyclic) bond motifs is 2. The topological polar surface area (TPSA) is 93.6 Å². The average Bonchev–Trinajstić information content (AvgIpc) is 2.95. The van der Waals surface area contributed by atoms with E-state index in [0.717, 1.165) is 16.3 Å². The van der Waals surface area contributed by atoms with E-state index in [1.807, 2.05) is 31.2 Å². The Bertz CT molecular complexity index is 1030. The number of aryl methyl sites for hydroxylation is 1. The molecule has 0 saturated carbocycles. The van der Waals surface area contributed by atoms with Gasteiger partial charge in [0.25, 0.3) is 5.56 Å². The first-order chi connectivity index (χ1) is 12.0. The number of carbonyl (C=O) groups is 1. The zero-order chi connectivity index (χ0) is 17.6. The zero-order valence-corrected chi connectivity index (χ0v) is 14.5. The van der Waals surface area contributed by atoms with Crippen LogP contribution in [0.2, 0.25) is 0 Å². The lowest BCUT2D eigenvalue weighted by atomic mass is 9.92. The standard InChI is InChI=1S/C17H17N5O2S/c1-10-20-22-15(23)7-13(19-17(22)25-10)9-21-8-12(16(18)24)6-11-4-2-3-5-14(11)21/h2-5,7,12H,6,8-9H2,1H3,(H2,18,24). The van der Waals surface area contributed by atoms with Gasteiger partial charge in [-0.25, -0.2) is 4.98 Å². The van der Waals surface area contributed by atoms with Crippen LogP contribution < -0.4 is 16.2 Å². The van der Waals surface area contributed by atoms with Crippen LogP contribution in [0.1, 0.15) is 16.3 Å². The van der Waals surface area contributed by atoms with E-state index in [0.29, 0.717) is 30.2 Å². The van der Waals surface area contributed by atoms with Crippen LogP contribution in [-0.4, -0.2) is 27.0 Å². The van der Waals surface area contributed by atoms with Gasteiger partial charge in [0.05, 0.1) is 18.2 Å². The molecule has 0 radical (unpaired) electrons. The number of aromatic nitrogens is 3. The van der Waals surface area contributed by atoms with E-state index in [1.54, 1.807) is 0 Å². The summed E-state index contributed by atoms with van der Waals surface area (Å²) in [5.41, 5.74) is 8.15. The fourth-order valence-corrected chi connectivity index (χ4v) is 4.02. The van der Waals surface area contributed by atoms with Gasteiger partial charge in [-0.3, -0.25) is 9.59 Å². The first-order valence-electron chi connectivity index (χ1n) is 8.00. The third-order valence-corrected chi connectivity index (χ3v) is 5.22. The molecule has 7 nitrogen and oxygen atoms in total. The van der Waals surface area contributed by atoms with Crippen molar-refractivity contribution in [3.63, 3.8) is 0 Å². The first-order valence-corrected chi connectivity index (χ1v) is 8.81. The summed E-state index contributed by atoms with van der Waals surface area (Å²) in [5, 5.41) is 4.95. The third kappa shape index (κ3) is 2.89. The molecule has 0 fully saturated rings. The maximum atomic E-state index is 12.2. The smallest absolute Gasteiger partial charge is 0.275 e. The van der Waals surface area contributed by atoms with Gasteiger partial charge in [0.15, 0.2) is 0 Å². The lowest BCUT2D eigenvalue weighted by Gasteiger charge is -2.34. The van der Waals surface area contributed by atoms with Gasteiger partial charge in [-0.15, -0.1) is 0 Å². The Balaban J connectivity index is 1.72. The van der Waals surface area contributed by atoms with Crippen molar-refractivity contribution in [1.82, 2.24) is 14.6 Å². The highest BCUT2D eigenvalue weighted by molar-refractivity contribution is 7.16. The Labute approximate surface area is 147 Å². The number of nitrogens with two attached hydrogens (primary N) is 1. The predicted molar refractivity (Wildman–Crippen MR) is 95.8 cm³/mol. The van der Waals surface area contributed by atoms with E-state index in [1.165, 1.54) is 21.9 Å². The van der Waals surface area contributed by atoms with Crippen molar-refractivity contribution < 1.29 is 4.79 Å². The molecule has 1 unspecified atom stereocenters. The second kappa shape index (κ2) is 5.96. The highest BCUT2D eigenvalue weighted by Gasteiger charge is 2.28. The summed E-state index contributed by atoms with van der Waals surface area (Å²) in [6.07, 6.45) is 0.644. The molecule has 0 saturated heterocycles. The molecule has 1 aliphatic heterocycles. The Morgan fingerprint density at radius 2 is 2.20 bits per heavy atom. The molecule has 3 aromatic rings. The molecule has 0 aliphatic carbocycles. The fourth-order valence-electron chi connectivity index (χ4n) is 3.26. The molecular weight excluding hydrogens is 338 g/mol. The summed E-state index contributed by atoms with van der Waals surface area (Å²) >= 11 is 1.38. The average molecular weight is 355 g/mol. The molecule has 1 atom stereocenters. The number of hydrogen-bond acceptors (Lipinski definition) is 6. The third-order valence-electron chi connectivity index (χ3n) is 4.39. The van der Waals surface area contributed by atoms with Gasteiger partial charge in [0, 0.05) is 18.3 Å². The van der Waals surface area contributed by atoms with Crippen LogP contribution in [0.3, 0.4) is 0 Å². The van der Waals surface area contributed by atoms with Crippen molar-refractivity contribution in [3.05, 3.63) is 57.0 Å². The quantitative estimate of drug-likeness (QED) is 0.760. The number of rotatable bonds is 3. The van der Waals surface area contributed by atoms with E-state index in [2.05, 4.69) is 15.0 Å². The van der Waals surface area contributed by atoms with E-state index in [-0.39, 0.29) is 17.4 Å². The Hall–Kier alpha value is -2.74. The SMILES string of the molecule is Cc1nn2c(=O)cc(CN3CC(C(N)=O)Cc4ccccc43)nc2s1. The molecule has 1 amide bonds. The lowest BCUT2D eigenvalue weighted by Crippen LogP contribution is -2.41. The summed E-state index contributed by atoms with van der Waals surface area (Å²) in [7, 11) is 0. The van der Waals surface area contributed by atoms with Gasteiger partial charge < -0.3 is 10.6 Å². The second-order valence-electron chi connectivity index (χ2n) is 6.21. The van der Waals surface area contributed by atoms with Crippen LogP contribution in [-0.2, 0) is 17.8 Å². The number of benzene rings is 1. The molecule has 8 heteroatoms. The summed E-state index contributed by atoms with van der Waals surface area (Å²) < 4.78 is 1.32. The van der Waals surface area contributed by atoms with Gasteiger partial charge in [-0.2, -0.15) is 9.61 Å². The van der Waals surface area contributed by atoms with Crippen molar-refractivity contribution >= 4 is 27.9 Å². The predicted octanol–water partition coefficient (Wildman–Crippen LogP) is 1.12. The van der Waals surface area contributed by atoms with E-state index in [9.17, 15) is 9.59 Å². The Kier molecular flexibility index (Phi) is 3.76. The van der Waals surface area contributed by atoms with Gasteiger partial charge in [0.1, 0.15) is 5.01 Å². The minimum atomic E-state index is -0.305. The molecule has 25 heavy (non-hydrogen) atoms. The Morgan fingerprint density at radius 3 is 3.00 bits per heavy atom. The molecule has 1 aliphatic rings. The minimum Gasteiger partial charge on any atom is -0.369 e. The second-order valence-corrected chi connectivity index (χ2v) is 7.37. The van der Waals surface area contributed by atoms with E-state index >= 15 is 0 Å². The highest BCUT2D eigenvalue weighted by atomic mass is 32.1. The molecule has 128 valence electrons. The molecule has 4 rings (SSSR count). The molecule has 2 N–H and O–H groups in total. The first kappa shape index (κ1) is 15.8.